The first kappa shape index (κ1) is 17.6. The number of halogens is 3. The average molecular weight is 335 g/mol. The largest absolute Gasteiger partial charge is 0.416 e. The topological polar surface area (TPSA) is 41.5 Å². The highest BCUT2D eigenvalue weighted by molar-refractivity contribution is 7.80. The van der Waals surface area contributed by atoms with Crippen LogP contribution in [-0.4, -0.2) is 30.2 Å². The molecule has 0 aromatic heterocycles. The fourth-order valence-corrected chi connectivity index (χ4v) is 2.92. The van der Waals surface area contributed by atoms with Gasteiger partial charge in [0.2, 0.25) is 0 Å². The standard InChI is InChI=1S/C15H20F3NO2S/c16-15(17,18)12-3-1-11(2-4-12)14(6-8-19-9-7-14)21-13(20)5-10-22/h1-4,13,19-20,22H,5-10H2. The summed E-state index contributed by atoms with van der Waals surface area (Å²) in [6, 6.07) is 5.02. The van der Waals surface area contributed by atoms with Gasteiger partial charge in [-0.3, -0.25) is 0 Å². The Kier molecular flexibility index (Phi) is 5.76. The van der Waals surface area contributed by atoms with Crippen molar-refractivity contribution < 1.29 is 23.0 Å². The van der Waals surface area contributed by atoms with E-state index >= 15 is 0 Å². The third kappa shape index (κ3) is 4.16. The van der Waals surface area contributed by atoms with E-state index in [2.05, 4.69) is 17.9 Å². The highest BCUT2D eigenvalue weighted by Crippen LogP contribution is 2.38. The third-order valence-corrected chi connectivity index (χ3v) is 4.15. The molecule has 3 nitrogen and oxygen atoms in total. The summed E-state index contributed by atoms with van der Waals surface area (Å²) in [5.74, 6) is 0.475. The van der Waals surface area contributed by atoms with Crippen molar-refractivity contribution in [1.82, 2.24) is 5.32 Å². The minimum atomic E-state index is -4.35. The van der Waals surface area contributed by atoms with E-state index in [1.54, 1.807) is 0 Å². The molecule has 1 heterocycles. The molecule has 22 heavy (non-hydrogen) atoms. The Hall–Kier alpha value is -0.760. The predicted octanol–water partition coefficient (Wildman–Crippen LogP) is 2.94. The zero-order valence-corrected chi connectivity index (χ0v) is 13.0. The van der Waals surface area contributed by atoms with E-state index in [1.807, 2.05) is 0 Å². The Morgan fingerprint density at radius 1 is 1.23 bits per heavy atom. The van der Waals surface area contributed by atoms with Gasteiger partial charge < -0.3 is 15.2 Å². The highest BCUT2D eigenvalue weighted by Gasteiger charge is 2.38. The third-order valence-electron chi connectivity index (χ3n) is 3.89. The minimum Gasteiger partial charge on any atom is -0.368 e. The molecule has 1 aromatic rings. The van der Waals surface area contributed by atoms with Crippen LogP contribution in [0.3, 0.4) is 0 Å². The van der Waals surface area contributed by atoms with Gasteiger partial charge in [0.25, 0.3) is 0 Å². The van der Waals surface area contributed by atoms with Crippen molar-refractivity contribution in [1.29, 1.82) is 0 Å². The van der Waals surface area contributed by atoms with Crippen molar-refractivity contribution in [3.63, 3.8) is 0 Å². The van der Waals surface area contributed by atoms with Gasteiger partial charge in [0.1, 0.15) is 0 Å². The first-order chi connectivity index (χ1) is 10.4. The van der Waals surface area contributed by atoms with E-state index in [-0.39, 0.29) is 0 Å². The first-order valence-corrected chi connectivity index (χ1v) is 7.86. The zero-order valence-electron chi connectivity index (χ0n) is 12.1. The lowest BCUT2D eigenvalue weighted by Gasteiger charge is -2.39. The summed E-state index contributed by atoms with van der Waals surface area (Å²) in [4.78, 5) is 0. The van der Waals surface area contributed by atoms with Crippen molar-refractivity contribution in [2.45, 2.75) is 37.3 Å². The Morgan fingerprint density at radius 2 is 1.82 bits per heavy atom. The second-order valence-electron chi connectivity index (χ2n) is 5.40. The number of hydrogen-bond acceptors (Lipinski definition) is 4. The Balaban J connectivity index is 2.25. The molecule has 0 saturated carbocycles. The van der Waals surface area contributed by atoms with Crippen molar-refractivity contribution >= 4 is 12.6 Å². The molecular formula is C15H20F3NO2S. The molecule has 1 saturated heterocycles. The monoisotopic (exact) mass is 335 g/mol. The number of aliphatic hydroxyl groups excluding tert-OH is 1. The van der Waals surface area contributed by atoms with Crippen molar-refractivity contribution in [2.75, 3.05) is 18.8 Å². The molecule has 0 radical (unpaired) electrons. The summed E-state index contributed by atoms with van der Waals surface area (Å²) in [7, 11) is 0. The number of thiol groups is 1. The van der Waals surface area contributed by atoms with E-state index in [4.69, 9.17) is 4.74 Å². The van der Waals surface area contributed by atoms with Crippen LogP contribution >= 0.6 is 12.6 Å². The minimum absolute atomic E-state index is 0.374. The van der Waals surface area contributed by atoms with E-state index < -0.39 is 23.6 Å². The number of piperidine rings is 1. The van der Waals surface area contributed by atoms with Crippen LogP contribution in [0.5, 0.6) is 0 Å². The quantitative estimate of drug-likeness (QED) is 0.572. The van der Waals surface area contributed by atoms with Gasteiger partial charge in [-0.25, -0.2) is 0 Å². The zero-order chi connectivity index (χ0) is 16.2. The molecule has 0 aliphatic carbocycles. The fraction of sp³-hybridized carbons (Fsp3) is 0.600. The molecule has 2 N–H and O–H groups in total. The molecule has 0 bridgehead atoms. The first-order valence-electron chi connectivity index (χ1n) is 7.23. The van der Waals surface area contributed by atoms with E-state index in [0.29, 0.717) is 43.7 Å². The maximum absolute atomic E-state index is 12.7. The van der Waals surface area contributed by atoms with Gasteiger partial charge in [-0.1, -0.05) is 12.1 Å². The molecule has 1 aromatic carbocycles. The van der Waals surface area contributed by atoms with E-state index in [0.717, 1.165) is 12.1 Å². The molecule has 0 amide bonds. The molecule has 2 rings (SSSR count). The Morgan fingerprint density at radius 3 is 2.32 bits per heavy atom. The van der Waals surface area contributed by atoms with Crippen LogP contribution in [0.2, 0.25) is 0 Å². The summed E-state index contributed by atoms with van der Waals surface area (Å²) >= 11 is 4.06. The number of alkyl halides is 3. The SMILES string of the molecule is OC(CCS)OC1(c2ccc(C(F)(F)F)cc2)CCNCC1. The van der Waals surface area contributed by atoms with Crippen LogP contribution in [0.25, 0.3) is 0 Å². The van der Waals surface area contributed by atoms with Gasteiger partial charge in [-0.2, -0.15) is 25.8 Å². The second kappa shape index (κ2) is 7.21. The van der Waals surface area contributed by atoms with Crippen LogP contribution in [0.1, 0.15) is 30.4 Å². The second-order valence-corrected chi connectivity index (χ2v) is 5.85. The molecule has 1 aliphatic heterocycles. The molecule has 7 heteroatoms. The average Bonchev–Trinajstić information content (AvgIpc) is 2.47. The number of nitrogens with one attached hydrogen (secondary N) is 1. The van der Waals surface area contributed by atoms with Gasteiger partial charge in [-0.15, -0.1) is 0 Å². The van der Waals surface area contributed by atoms with Crippen LogP contribution in [0, 0.1) is 0 Å². The molecule has 1 fully saturated rings. The lowest BCUT2D eigenvalue weighted by atomic mass is 9.84. The van der Waals surface area contributed by atoms with Crippen molar-refractivity contribution in [3.05, 3.63) is 35.4 Å². The Labute approximate surface area is 133 Å². The fourth-order valence-electron chi connectivity index (χ4n) is 2.70. The predicted molar refractivity (Wildman–Crippen MR) is 80.8 cm³/mol. The van der Waals surface area contributed by atoms with Crippen LogP contribution in [-0.2, 0) is 16.5 Å². The smallest absolute Gasteiger partial charge is 0.368 e. The number of ether oxygens (including phenoxy) is 1. The molecule has 124 valence electrons. The van der Waals surface area contributed by atoms with Crippen LogP contribution in [0.15, 0.2) is 24.3 Å². The van der Waals surface area contributed by atoms with Gasteiger partial charge in [0.15, 0.2) is 6.29 Å². The van der Waals surface area contributed by atoms with Gasteiger partial charge in [0.05, 0.1) is 11.2 Å². The van der Waals surface area contributed by atoms with E-state index in [1.165, 1.54) is 12.1 Å². The summed E-state index contributed by atoms with van der Waals surface area (Å²) in [5, 5.41) is 13.1. The number of aliphatic hydroxyl groups is 1. The van der Waals surface area contributed by atoms with E-state index in [9.17, 15) is 18.3 Å². The van der Waals surface area contributed by atoms with Gasteiger partial charge >= 0.3 is 6.18 Å². The van der Waals surface area contributed by atoms with Crippen LogP contribution < -0.4 is 5.32 Å². The Bertz CT molecular complexity index is 473. The summed E-state index contributed by atoms with van der Waals surface area (Å²) in [6.07, 6.45) is -3.76. The maximum Gasteiger partial charge on any atom is 0.416 e. The molecule has 1 atom stereocenters. The molecule has 1 unspecified atom stereocenters. The number of rotatable bonds is 5. The lowest BCUT2D eigenvalue weighted by molar-refractivity contribution is -0.200. The summed E-state index contributed by atoms with van der Waals surface area (Å²) in [5.41, 5.74) is -0.769. The molecular weight excluding hydrogens is 315 g/mol. The lowest BCUT2D eigenvalue weighted by Crippen LogP contribution is -2.44. The summed E-state index contributed by atoms with van der Waals surface area (Å²) in [6.45, 7) is 1.38. The normalized spacial score (nSPS) is 19.9. The van der Waals surface area contributed by atoms with Crippen LogP contribution in [0.4, 0.5) is 13.2 Å². The number of benzene rings is 1. The molecule has 0 spiro atoms. The van der Waals surface area contributed by atoms with Gasteiger partial charge in [0, 0.05) is 6.42 Å². The van der Waals surface area contributed by atoms with Crippen molar-refractivity contribution in [2.24, 2.45) is 0 Å². The number of hydrogen-bond donors (Lipinski definition) is 3. The van der Waals surface area contributed by atoms with Crippen molar-refractivity contribution in [3.8, 4) is 0 Å². The van der Waals surface area contributed by atoms with Gasteiger partial charge in [-0.05, 0) is 49.4 Å². The maximum atomic E-state index is 12.7. The summed E-state index contributed by atoms with van der Waals surface area (Å²) < 4.78 is 43.9. The molecule has 1 aliphatic rings. The highest BCUT2D eigenvalue weighted by atomic mass is 32.1.